The number of rotatable bonds is 7. The van der Waals surface area contributed by atoms with Gasteiger partial charge in [0, 0.05) is 6.54 Å². The number of pyridine rings is 1. The van der Waals surface area contributed by atoms with Crippen molar-refractivity contribution in [2.75, 3.05) is 25.2 Å². The van der Waals surface area contributed by atoms with Crippen molar-refractivity contribution in [3.05, 3.63) is 65.5 Å². The molecule has 10 heteroatoms. The number of hydrogen-bond donors (Lipinski definition) is 1. The smallest absolute Gasteiger partial charge is 0.252 e. The molecular formula is C25H26N4O5S. The van der Waals surface area contributed by atoms with Crippen LogP contribution in [-0.2, 0) is 16.3 Å². The number of furan rings is 1. The Morgan fingerprint density at radius 2 is 2.09 bits per heavy atom. The van der Waals surface area contributed by atoms with Gasteiger partial charge in [0.25, 0.3) is 5.91 Å². The lowest BCUT2D eigenvalue weighted by atomic mass is 10.1. The minimum Gasteiger partial charge on any atom is -0.496 e. The van der Waals surface area contributed by atoms with Crippen LogP contribution in [0.1, 0.15) is 34.1 Å². The first-order chi connectivity index (χ1) is 16.9. The quantitative estimate of drug-likeness (QED) is 0.419. The fraction of sp³-hybridized carbons (Fsp3) is 0.320. The number of benzene rings is 1. The van der Waals surface area contributed by atoms with Crippen LogP contribution in [0.4, 0.5) is 0 Å². The van der Waals surface area contributed by atoms with Crippen LogP contribution in [0.15, 0.2) is 53.1 Å². The number of aromatic nitrogens is 3. The zero-order valence-corrected chi connectivity index (χ0v) is 20.3. The largest absolute Gasteiger partial charge is 0.496 e. The second-order valence-electron chi connectivity index (χ2n) is 8.64. The van der Waals surface area contributed by atoms with Gasteiger partial charge in [0.1, 0.15) is 11.4 Å². The van der Waals surface area contributed by atoms with Crippen LogP contribution >= 0.6 is 0 Å². The van der Waals surface area contributed by atoms with Crippen molar-refractivity contribution in [1.82, 2.24) is 20.1 Å². The lowest BCUT2D eigenvalue weighted by Crippen LogP contribution is -2.26. The van der Waals surface area contributed by atoms with Gasteiger partial charge in [0.2, 0.25) is 0 Å². The Kier molecular flexibility index (Phi) is 6.06. The molecule has 182 valence electrons. The Morgan fingerprint density at radius 3 is 2.80 bits per heavy atom. The third-order valence-electron chi connectivity index (χ3n) is 6.28. The zero-order chi connectivity index (χ0) is 24.6. The lowest BCUT2D eigenvalue weighted by molar-refractivity contribution is 0.0955. The molecule has 1 N–H and O–H groups in total. The molecule has 0 saturated carbocycles. The van der Waals surface area contributed by atoms with Gasteiger partial charge in [-0.1, -0.05) is 18.2 Å². The summed E-state index contributed by atoms with van der Waals surface area (Å²) in [4.78, 5) is 18.1. The van der Waals surface area contributed by atoms with Crippen molar-refractivity contribution >= 4 is 26.8 Å². The van der Waals surface area contributed by atoms with Crippen molar-refractivity contribution < 1.29 is 22.4 Å². The third-order valence-corrected chi connectivity index (χ3v) is 8.03. The lowest BCUT2D eigenvalue weighted by Gasteiger charge is -2.12. The van der Waals surface area contributed by atoms with Crippen LogP contribution in [0.3, 0.4) is 0 Å². The molecule has 1 aliphatic rings. The Bertz CT molecular complexity index is 1490. The van der Waals surface area contributed by atoms with Crippen molar-refractivity contribution in [3.63, 3.8) is 0 Å². The molecule has 1 atom stereocenters. The van der Waals surface area contributed by atoms with Crippen molar-refractivity contribution in [2.24, 2.45) is 0 Å². The van der Waals surface area contributed by atoms with Gasteiger partial charge >= 0.3 is 0 Å². The van der Waals surface area contributed by atoms with E-state index in [0.29, 0.717) is 53.1 Å². The number of amides is 1. The molecule has 35 heavy (non-hydrogen) atoms. The van der Waals surface area contributed by atoms with Gasteiger partial charge in [0.05, 0.1) is 47.6 Å². The average molecular weight is 495 g/mol. The zero-order valence-electron chi connectivity index (χ0n) is 19.5. The molecule has 9 nitrogen and oxygen atoms in total. The Labute approximate surface area is 203 Å². The predicted molar refractivity (Wildman–Crippen MR) is 131 cm³/mol. The molecule has 4 aromatic rings. The second-order valence-corrected chi connectivity index (χ2v) is 10.9. The number of sulfone groups is 1. The Balaban J connectivity index is 1.50. The topological polar surface area (TPSA) is 116 Å². The maximum absolute atomic E-state index is 13.4. The van der Waals surface area contributed by atoms with Gasteiger partial charge in [-0.05, 0) is 49.6 Å². The number of carbonyl (C=O) groups is 1. The fourth-order valence-corrected chi connectivity index (χ4v) is 6.27. The first-order valence-electron chi connectivity index (χ1n) is 11.4. The summed E-state index contributed by atoms with van der Waals surface area (Å²) in [6, 6.07) is 12.6. The number of para-hydroxylation sites is 1. The minimum atomic E-state index is -3.12. The third kappa shape index (κ3) is 4.53. The Hall–Kier alpha value is -3.66. The van der Waals surface area contributed by atoms with E-state index in [4.69, 9.17) is 14.1 Å². The molecule has 3 aromatic heterocycles. The van der Waals surface area contributed by atoms with E-state index in [1.807, 2.05) is 31.2 Å². The summed E-state index contributed by atoms with van der Waals surface area (Å²) in [6.45, 7) is 2.22. The number of nitrogens with one attached hydrogen (secondary N) is 1. The molecule has 1 saturated heterocycles. The standard InChI is InChI=1S/C25H26N4O5S/c1-16-23-19(25(30)26-11-9-17-6-3-4-7-21(17)33-2)14-20(22-8-5-12-34-22)27-24(23)29(28-16)18-10-13-35(31,32)15-18/h3-8,12,14,18H,9-11,13,15H2,1-2H3,(H,26,30)/t18-/m0/s1. The van der Waals surface area contributed by atoms with Crippen LogP contribution in [-0.4, -0.2) is 54.2 Å². The maximum atomic E-state index is 13.4. The van der Waals surface area contributed by atoms with Gasteiger partial charge in [0.15, 0.2) is 21.2 Å². The van der Waals surface area contributed by atoms with E-state index in [9.17, 15) is 13.2 Å². The molecular weight excluding hydrogens is 468 g/mol. The highest BCUT2D eigenvalue weighted by Gasteiger charge is 2.32. The first kappa shape index (κ1) is 23.1. The molecule has 0 aliphatic carbocycles. The highest BCUT2D eigenvalue weighted by molar-refractivity contribution is 7.91. The van der Waals surface area contributed by atoms with E-state index in [0.717, 1.165) is 11.3 Å². The SMILES string of the molecule is COc1ccccc1CCNC(=O)c1cc(-c2ccco2)nc2c1c(C)nn2[C@H]1CCS(=O)(=O)C1. The van der Waals surface area contributed by atoms with Gasteiger partial charge < -0.3 is 14.5 Å². The number of carbonyl (C=O) groups excluding carboxylic acids is 1. The summed E-state index contributed by atoms with van der Waals surface area (Å²) in [5.74, 6) is 1.15. The molecule has 5 rings (SSSR count). The average Bonchev–Trinajstić information content (AvgIpc) is 3.58. The van der Waals surface area contributed by atoms with E-state index < -0.39 is 9.84 Å². The van der Waals surface area contributed by atoms with Crippen LogP contribution < -0.4 is 10.1 Å². The number of ether oxygens (including phenoxy) is 1. The van der Waals surface area contributed by atoms with Crippen LogP contribution in [0.2, 0.25) is 0 Å². The maximum Gasteiger partial charge on any atom is 0.252 e. The number of aryl methyl sites for hydroxylation is 1. The van der Waals surface area contributed by atoms with E-state index >= 15 is 0 Å². The minimum absolute atomic E-state index is 0.0102. The molecule has 1 fully saturated rings. The number of hydrogen-bond acceptors (Lipinski definition) is 7. The van der Waals surface area contributed by atoms with Gasteiger partial charge in [-0.15, -0.1) is 0 Å². The first-order valence-corrected chi connectivity index (χ1v) is 13.2. The Morgan fingerprint density at radius 1 is 1.26 bits per heavy atom. The molecule has 0 bridgehead atoms. The number of methoxy groups -OCH3 is 1. The molecule has 1 amide bonds. The summed E-state index contributed by atoms with van der Waals surface area (Å²) < 4.78 is 36.8. The van der Waals surface area contributed by atoms with E-state index in [1.165, 1.54) is 0 Å². The number of nitrogens with zero attached hydrogens (tertiary/aromatic N) is 3. The molecule has 0 unspecified atom stereocenters. The summed E-state index contributed by atoms with van der Waals surface area (Å²) in [5, 5.41) is 8.22. The predicted octanol–water partition coefficient (Wildman–Crippen LogP) is 3.34. The van der Waals surface area contributed by atoms with E-state index in [1.54, 1.807) is 36.3 Å². The van der Waals surface area contributed by atoms with Crippen molar-refractivity contribution in [1.29, 1.82) is 0 Å². The second kappa shape index (κ2) is 9.18. The number of fused-ring (bicyclic) bond motifs is 1. The van der Waals surface area contributed by atoms with E-state index in [-0.39, 0.29) is 23.5 Å². The summed E-state index contributed by atoms with van der Waals surface area (Å²) in [7, 11) is -1.50. The highest BCUT2D eigenvalue weighted by Crippen LogP contribution is 2.32. The van der Waals surface area contributed by atoms with Crippen LogP contribution in [0.25, 0.3) is 22.5 Å². The monoisotopic (exact) mass is 494 g/mol. The van der Waals surface area contributed by atoms with Crippen LogP contribution in [0, 0.1) is 6.92 Å². The molecule has 4 heterocycles. The summed E-state index contributed by atoms with van der Waals surface area (Å²) in [6.07, 6.45) is 2.61. The van der Waals surface area contributed by atoms with Crippen molar-refractivity contribution in [3.8, 4) is 17.2 Å². The summed E-state index contributed by atoms with van der Waals surface area (Å²) in [5.41, 5.74) is 3.01. The normalized spacial score (nSPS) is 17.0. The molecule has 0 radical (unpaired) electrons. The summed E-state index contributed by atoms with van der Waals surface area (Å²) >= 11 is 0. The molecule has 0 spiro atoms. The van der Waals surface area contributed by atoms with Crippen LogP contribution in [0.5, 0.6) is 5.75 Å². The van der Waals surface area contributed by atoms with Crippen molar-refractivity contribution in [2.45, 2.75) is 25.8 Å². The van der Waals surface area contributed by atoms with Gasteiger partial charge in [-0.2, -0.15) is 5.10 Å². The highest BCUT2D eigenvalue weighted by atomic mass is 32.2. The van der Waals surface area contributed by atoms with Gasteiger partial charge in [-0.25, -0.2) is 18.1 Å². The molecule has 1 aromatic carbocycles. The molecule has 1 aliphatic heterocycles. The fourth-order valence-electron chi connectivity index (χ4n) is 4.58. The van der Waals surface area contributed by atoms with Gasteiger partial charge in [-0.3, -0.25) is 4.79 Å². The van der Waals surface area contributed by atoms with E-state index in [2.05, 4.69) is 10.4 Å².